The van der Waals surface area contributed by atoms with Gasteiger partial charge in [-0.25, -0.2) is 9.37 Å². The number of fused-ring (bicyclic) bond motifs is 1. The average molecular weight is 379 g/mol. The largest absolute Gasteiger partial charge is 0.325 e. The number of amides is 1. The van der Waals surface area contributed by atoms with E-state index in [2.05, 4.69) is 10.3 Å². The lowest BCUT2D eigenvalue weighted by atomic mass is 10.1. The molecule has 0 aliphatic heterocycles. The lowest BCUT2D eigenvalue weighted by molar-refractivity contribution is -0.116. The van der Waals surface area contributed by atoms with Crippen molar-refractivity contribution in [3.05, 3.63) is 82.5 Å². The van der Waals surface area contributed by atoms with E-state index in [4.69, 9.17) is 0 Å². The normalized spacial score (nSPS) is 10.9. The summed E-state index contributed by atoms with van der Waals surface area (Å²) in [7, 11) is 0. The van der Waals surface area contributed by atoms with Crippen LogP contribution in [0.15, 0.2) is 71.1 Å². The number of nitrogens with one attached hydrogen (secondary N) is 1. The molecule has 4 rings (SSSR count). The van der Waals surface area contributed by atoms with Crippen molar-refractivity contribution >= 4 is 33.1 Å². The molecule has 0 bridgehead atoms. The summed E-state index contributed by atoms with van der Waals surface area (Å²) in [4.78, 5) is 29.3. The highest BCUT2D eigenvalue weighted by Crippen LogP contribution is 2.30. The Bertz CT molecular complexity index is 1170. The fraction of sp³-hybridized carbons (Fsp3) is 0.0500. The molecule has 0 saturated heterocycles. The molecule has 7 heteroatoms. The van der Waals surface area contributed by atoms with Crippen LogP contribution in [-0.4, -0.2) is 15.5 Å². The van der Waals surface area contributed by atoms with Crippen LogP contribution in [0.1, 0.15) is 0 Å². The zero-order chi connectivity index (χ0) is 18.8. The summed E-state index contributed by atoms with van der Waals surface area (Å²) in [6.07, 6.45) is 1.37. The van der Waals surface area contributed by atoms with Gasteiger partial charge in [-0.3, -0.25) is 14.2 Å². The molecule has 0 spiro atoms. The second kappa shape index (κ2) is 7.13. The van der Waals surface area contributed by atoms with Gasteiger partial charge < -0.3 is 5.32 Å². The highest BCUT2D eigenvalue weighted by atomic mass is 32.1. The van der Waals surface area contributed by atoms with E-state index in [-0.39, 0.29) is 23.8 Å². The van der Waals surface area contributed by atoms with Gasteiger partial charge in [0.2, 0.25) is 5.91 Å². The van der Waals surface area contributed by atoms with Gasteiger partial charge >= 0.3 is 0 Å². The van der Waals surface area contributed by atoms with Crippen LogP contribution in [0.3, 0.4) is 0 Å². The summed E-state index contributed by atoms with van der Waals surface area (Å²) in [5.74, 6) is -0.627. The summed E-state index contributed by atoms with van der Waals surface area (Å²) in [5, 5.41) is 4.56. The SMILES string of the molecule is O=C(Cn1cnc2c(-c3ccc(F)cc3)csc2c1=O)Nc1ccccc1. The van der Waals surface area contributed by atoms with Crippen molar-refractivity contribution in [3.8, 4) is 11.1 Å². The van der Waals surface area contributed by atoms with Gasteiger partial charge in [0.25, 0.3) is 5.56 Å². The Morgan fingerprint density at radius 3 is 2.59 bits per heavy atom. The molecule has 1 N–H and O–H groups in total. The Morgan fingerprint density at radius 2 is 1.85 bits per heavy atom. The monoisotopic (exact) mass is 379 g/mol. The summed E-state index contributed by atoms with van der Waals surface area (Å²) in [6.45, 7) is -0.125. The molecule has 0 aliphatic rings. The molecule has 2 heterocycles. The number of thiophene rings is 1. The van der Waals surface area contributed by atoms with Crippen molar-refractivity contribution in [1.29, 1.82) is 0 Å². The van der Waals surface area contributed by atoms with Gasteiger partial charge in [0, 0.05) is 16.6 Å². The maximum atomic E-state index is 13.1. The Labute approximate surface area is 157 Å². The number of nitrogens with zero attached hydrogens (tertiary/aromatic N) is 2. The molecule has 0 atom stereocenters. The molecule has 134 valence electrons. The number of anilines is 1. The van der Waals surface area contributed by atoms with E-state index >= 15 is 0 Å². The van der Waals surface area contributed by atoms with E-state index in [1.165, 1.54) is 34.4 Å². The van der Waals surface area contributed by atoms with Crippen LogP contribution in [-0.2, 0) is 11.3 Å². The van der Waals surface area contributed by atoms with Crippen LogP contribution in [0.25, 0.3) is 21.3 Å². The topological polar surface area (TPSA) is 64.0 Å². The van der Waals surface area contributed by atoms with Crippen LogP contribution < -0.4 is 10.9 Å². The summed E-state index contributed by atoms with van der Waals surface area (Å²) >= 11 is 1.26. The van der Waals surface area contributed by atoms with E-state index in [1.54, 1.807) is 24.3 Å². The smallest absolute Gasteiger partial charge is 0.271 e. The van der Waals surface area contributed by atoms with Crippen molar-refractivity contribution in [3.63, 3.8) is 0 Å². The van der Waals surface area contributed by atoms with Gasteiger partial charge in [-0.05, 0) is 29.8 Å². The molecule has 2 aromatic carbocycles. The Hall–Kier alpha value is -3.32. The highest BCUT2D eigenvalue weighted by molar-refractivity contribution is 7.17. The van der Waals surface area contributed by atoms with Gasteiger partial charge in [-0.2, -0.15) is 0 Å². The highest BCUT2D eigenvalue weighted by Gasteiger charge is 2.14. The number of carbonyl (C=O) groups is 1. The number of carbonyl (C=O) groups excluding carboxylic acids is 1. The van der Waals surface area contributed by atoms with Gasteiger partial charge in [0.15, 0.2) is 0 Å². The molecule has 27 heavy (non-hydrogen) atoms. The Kier molecular flexibility index (Phi) is 4.52. The lowest BCUT2D eigenvalue weighted by Gasteiger charge is -2.07. The number of hydrogen-bond acceptors (Lipinski definition) is 4. The Morgan fingerprint density at radius 1 is 1.11 bits per heavy atom. The molecule has 0 aliphatic carbocycles. The van der Waals surface area contributed by atoms with Crippen LogP contribution in [0.4, 0.5) is 10.1 Å². The van der Waals surface area contributed by atoms with Gasteiger partial charge in [-0.15, -0.1) is 11.3 Å². The third-order valence-corrected chi connectivity index (χ3v) is 5.03. The first-order valence-electron chi connectivity index (χ1n) is 8.19. The van der Waals surface area contributed by atoms with Gasteiger partial charge in [0.1, 0.15) is 17.1 Å². The van der Waals surface area contributed by atoms with Crippen molar-refractivity contribution in [2.45, 2.75) is 6.54 Å². The molecular formula is C20H14FN3O2S. The minimum Gasteiger partial charge on any atom is -0.325 e. The maximum Gasteiger partial charge on any atom is 0.271 e. The fourth-order valence-electron chi connectivity index (χ4n) is 2.77. The predicted octanol–water partition coefficient (Wildman–Crippen LogP) is 3.90. The minimum atomic E-state index is -0.321. The van der Waals surface area contributed by atoms with E-state index in [0.717, 1.165) is 11.1 Å². The maximum absolute atomic E-state index is 13.1. The van der Waals surface area contributed by atoms with Crippen LogP contribution >= 0.6 is 11.3 Å². The number of halogens is 1. The van der Waals surface area contributed by atoms with Gasteiger partial charge in [0.05, 0.1) is 11.8 Å². The van der Waals surface area contributed by atoms with E-state index < -0.39 is 0 Å². The molecule has 0 fully saturated rings. The molecule has 4 aromatic rings. The number of aromatic nitrogens is 2. The van der Waals surface area contributed by atoms with Crippen LogP contribution in [0.2, 0.25) is 0 Å². The molecule has 5 nitrogen and oxygen atoms in total. The zero-order valence-electron chi connectivity index (χ0n) is 14.1. The summed E-state index contributed by atoms with van der Waals surface area (Å²) in [5.41, 5.74) is 2.50. The third-order valence-electron chi connectivity index (χ3n) is 4.07. The quantitative estimate of drug-likeness (QED) is 0.585. The molecule has 0 unspecified atom stereocenters. The first-order chi connectivity index (χ1) is 13.1. The number of rotatable bonds is 4. The minimum absolute atomic E-state index is 0.125. The summed E-state index contributed by atoms with van der Waals surface area (Å²) < 4.78 is 14.9. The second-order valence-corrected chi connectivity index (χ2v) is 6.81. The average Bonchev–Trinajstić information content (AvgIpc) is 3.10. The fourth-order valence-corrected chi connectivity index (χ4v) is 3.74. The van der Waals surface area contributed by atoms with E-state index in [1.807, 2.05) is 23.6 Å². The van der Waals surface area contributed by atoms with E-state index in [9.17, 15) is 14.0 Å². The molecular weight excluding hydrogens is 365 g/mol. The van der Waals surface area contributed by atoms with Crippen molar-refractivity contribution in [1.82, 2.24) is 9.55 Å². The predicted molar refractivity (Wildman–Crippen MR) is 104 cm³/mol. The van der Waals surface area contributed by atoms with Crippen LogP contribution in [0, 0.1) is 5.82 Å². The molecule has 2 aromatic heterocycles. The van der Waals surface area contributed by atoms with Gasteiger partial charge in [-0.1, -0.05) is 30.3 Å². The van der Waals surface area contributed by atoms with Crippen molar-refractivity contribution in [2.75, 3.05) is 5.32 Å². The first-order valence-corrected chi connectivity index (χ1v) is 9.07. The van der Waals surface area contributed by atoms with Crippen LogP contribution in [0.5, 0.6) is 0 Å². The van der Waals surface area contributed by atoms with Crippen molar-refractivity contribution in [2.24, 2.45) is 0 Å². The first kappa shape index (κ1) is 17.1. The number of hydrogen-bond donors (Lipinski definition) is 1. The standard InChI is InChI=1S/C20H14FN3O2S/c21-14-8-6-13(7-9-14)16-11-27-19-18(16)22-12-24(20(19)26)10-17(25)23-15-4-2-1-3-5-15/h1-9,11-12H,10H2,(H,23,25). The van der Waals surface area contributed by atoms with E-state index in [0.29, 0.717) is 15.9 Å². The number of benzene rings is 2. The molecule has 1 amide bonds. The Balaban J connectivity index is 1.62. The molecule has 0 saturated carbocycles. The second-order valence-electron chi connectivity index (χ2n) is 5.93. The molecule has 0 radical (unpaired) electrons. The van der Waals surface area contributed by atoms with Crippen molar-refractivity contribution < 1.29 is 9.18 Å². The summed E-state index contributed by atoms with van der Waals surface area (Å²) in [6, 6.07) is 15.1. The lowest BCUT2D eigenvalue weighted by Crippen LogP contribution is -2.27. The zero-order valence-corrected chi connectivity index (χ0v) is 14.9. The third kappa shape index (κ3) is 3.50. The number of para-hydroxylation sites is 1.